The maximum atomic E-state index is 11.6. The average molecular weight is 201 g/mol. The molecule has 0 amide bonds. The Morgan fingerprint density at radius 3 is 2.53 bits per heavy atom. The van der Waals surface area contributed by atoms with E-state index < -0.39 is 0 Å². The molecule has 0 radical (unpaired) electrons. The van der Waals surface area contributed by atoms with Crippen molar-refractivity contribution in [3.8, 4) is 11.8 Å². The number of rotatable bonds is 4. The van der Waals surface area contributed by atoms with Crippen molar-refractivity contribution in [2.75, 3.05) is 0 Å². The lowest BCUT2D eigenvalue weighted by Crippen LogP contribution is -2.00. The Hall–Kier alpha value is -1.59. The molecule has 1 rings (SSSR count). The molecule has 1 aromatic rings. The van der Waals surface area contributed by atoms with Crippen LogP contribution in [0, 0.1) is 11.8 Å². The average Bonchev–Trinajstić information content (AvgIpc) is 2.29. The van der Waals surface area contributed by atoms with Crippen molar-refractivity contribution in [1.82, 2.24) is 0 Å². The molecule has 0 saturated carbocycles. The van der Waals surface area contributed by atoms with Crippen molar-refractivity contribution >= 4 is 5.78 Å². The lowest BCUT2D eigenvalue weighted by molar-refractivity contribution is 0.0984. The third kappa shape index (κ3) is 3.57. The van der Waals surface area contributed by atoms with Gasteiger partial charge in [-0.25, -0.2) is 0 Å². The van der Waals surface area contributed by atoms with Gasteiger partial charge in [-0.3, -0.25) is 4.79 Å². The van der Waals surface area contributed by atoms with Crippen molar-refractivity contribution in [2.45, 2.75) is 26.3 Å². The van der Waals surface area contributed by atoms with Crippen LogP contribution in [0.15, 0.2) is 24.3 Å². The molecule has 0 aliphatic heterocycles. The zero-order valence-corrected chi connectivity index (χ0v) is 8.92. The smallest absolute Gasteiger partial charge is 0.163 e. The fourth-order valence-electron chi connectivity index (χ4n) is 1.27. The summed E-state index contributed by atoms with van der Waals surface area (Å²) in [7, 11) is 0. The number of Topliss-reactive ketones (excluding diaryl/α,β-unsaturated/α-hetero) is 1. The first kappa shape index (κ1) is 11.5. The molecule has 78 valence electrons. The van der Waals surface area contributed by atoms with Crippen molar-refractivity contribution < 1.29 is 4.79 Å². The lowest BCUT2D eigenvalue weighted by Gasteiger charge is -2.00. The number of hydrogen-bond acceptors (Lipinski definition) is 2. The van der Waals surface area contributed by atoms with E-state index in [0.717, 1.165) is 11.1 Å². The third-order valence-electron chi connectivity index (χ3n) is 2.17. The van der Waals surface area contributed by atoms with Crippen LogP contribution in [0.3, 0.4) is 0 Å². The monoisotopic (exact) mass is 201 g/mol. The molecular formula is C13H15NO. The first-order valence-electron chi connectivity index (χ1n) is 4.99. The quantitative estimate of drug-likeness (QED) is 0.599. The number of hydrogen-bond donors (Lipinski definition) is 1. The standard InChI is InChI=1S/C13H15NO/c1-2-3-4-5-13(15)12-8-6-11(10-14)7-9-12/h6-9H,4-5,10,14H2,1H3. The maximum absolute atomic E-state index is 11.6. The van der Waals surface area contributed by atoms with Crippen LogP contribution in [0.4, 0.5) is 0 Å². The molecule has 0 bridgehead atoms. The van der Waals surface area contributed by atoms with Gasteiger partial charge in [0.15, 0.2) is 5.78 Å². The lowest BCUT2D eigenvalue weighted by atomic mass is 10.0. The Bertz CT molecular complexity index is 381. The third-order valence-corrected chi connectivity index (χ3v) is 2.17. The van der Waals surface area contributed by atoms with E-state index in [2.05, 4.69) is 11.8 Å². The minimum atomic E-state index is 0.140. The van der Waals surface area contributed by atoms with Gasteiger partial charge in [0.1, 0.15) is 0 Å². The van der Waals surface area contributed by atoms with Crippen LogP contribution >= 0.6 is 0 Å². The normalized spacial score (nSPS) is 9.20. The molecule has 0 unspecified atom stereocenters. The van der Waals surface area contributed by atoms with E-state index in [1.54, 1.807) is 6.92 Å². The van der Waals surface area contributed by atoms with Crippen LogP contribution in [0.25, 0.3) is 0 Å². The SMILES string of the molecule is CC#CCCC(=O)c1ccc(CN)cc1. The summed E-state index contributed by atoms with van der Waals surface area (Å²) in [6, 6.07) is 7.42. The second-order valence-corrected chi connectivity index (χ2v) is 3.25. The Kier molecular flexibility index (Phi) is 4.59. The highest BCUT2D eigenvalue weighted by Crippen LogP contribution is 2.07. The first-order chi connectivity index (χ1) is 7.27. The van der Waals surface area contributed by atoms with Crippen LogP contribution in [-0.2, 0) is 6.54 Å². The number of carbonyl (C=O) groups is 1. The van der Waals surface area contributed by atoms with Gasteiger partial charge in [-0.05, 0) is 12.5 Å². The fourth-order valence-corrected chi connectivity index (χ4v) is 1.27. The van der Waals surface area contributed by atoms with Gasteiger partial charge in [-0.15, -0.1) is 11.8 Å². The van der Waals surface area contributed by atoms with E-state index in [1.165, 1.54) is 0 Å². The topological polar surface area (TPSA) is 43.1 Å². The van der Waals surface area contributed by atoms with E-state index >= 15 is 0 Å². The zero-order chi connectivity index (χ0) is 11.1. The zero-order valence-electron chi connectivity index (χ0n) is 8.92. The number of benzene rings is 1. The van der Waals surface area contributed by atoms with Gasteiger partial charge in [0.2, 0.25) is 0 Å². The summed E-state index contributed by atoms with van der Waals surface area (Å²) in [5.74, 6) is 5.79. The van der Waals surface area contributed by atoms with Crippen LogP contribution in [0.1, 0.15) is 35.7 Å². The van der Waals surface area contributed by atoms with Crippen LogP contribution in [-0.4, -0.2) is 5.78 Å². The molecule has 0 aliphatic carbocycles. The van der Waals surface area contributed by atoms with Crippen molar-refractivity contribution in [3.63, 3.8) is 0 Å². The van der Waals surface area contributed by atoms with Gasteiger partial charge < -0.3 is 5.73 Å². The second kappa shape index (κ2) is 6.00. The van der Waals surface area contributed by atoms with Gasteiger partial charge >= 0.3 is 0 Å². The number of nitrogens with two attached hydrogens (primary N) is 1. The molecule has 0 aromatic heterocycles. The van der Waals surface area contributed by atoms with E-state index in [4.69, 9.17) is 5.73 Å². The molecule has 0 fully saturated rings. The van der Waals surface area contributed by atoms with Crippen LogP contribution < -0.4 is 5.73 Å². The molecule has 2 N–H and O–H groups in total. The number of ketones is 1. The van der Waals surface area contributed by atoms with Gasteiger partial charge in [-0.2, -0.15) is 0 Å². The molecule has 2 heteroatoms. The Labute approximate surface area is 90.5 Å². The van der Waals surface area contributed by atoms with Crippen molar-refractivity contribution in [3.05, 3.63) is 35.4 Å². The number of carbonyl (C=O) groups excluding carboxylic acids is 1. The van der Waals surface area contributed by atoms with E-state index in [0.29, 0.717) is 19.4 Å². The second-order valence-electron chi connectivity index (χ2n) is 3.25. The Morgan fingerprint density at radius 2 is 2.00 bits per heavy atom. The molecule has 15 heavy (non-hydrogen) atoms. The molecule has 0 aliphatic rings. The molecule has 0 atom stereocenters. The predicted octanol–water partition coefficient (Wildman–Crippen LogP) is 2.13. The van der Waals surface area contributed by atoms with Gasteiger partial charge in [0.25, 0.3) is 0 Å². The summed E-state index contributed by atoms with van der Waals surface area (Å²) in [6.45, 7) is 2.29. The molecule has 0 saturated heterocycles. The minimum Gasteiger partial charge on any atom is -0.326 e. The van der Waals surface area contributed by atoms with Gasteiger partial charge in [0, 0.05) is 24.9 Å². The highest BCUT2D eigenvalue weighted by molar-refractivity contribution is 5.96. The van der Waals surface area contributed by atoms with Crippen molar-refractivity contribution in [1.29, 1.82) is 0 Å². The summed E-state index contributed by atoms with van der Waals surface area (Å²) >= 11 is 0. The van der Waals surface area contributed by atoms with E-state index in [1.807, 2.05) is 24.3 Å². The van der Waals surface area contributed by atoms with E-state index in [9.17, 15) is 4.79 Å². The predicted molar refractivity (Wildman–Crippen MR) is 61.3 cm³/mol. The highest BCUT2D eigenvalue weighted by atomic mass is 16.1. The first-order valence-corrected chi connectivity index (χ1v) is 4.99. The van der Waals surface area contributed by atoms with E-state index in [-0.39, 0.29) is 5.78 Å². The van der Waals surface area contributed by atoms with Crippen molar-refractivity contribution in [2.24, 2.45) is 5.73 Å². The maximum Gasteiger partial charge on any atom is 0.163 e. The largest absolute Gasteiger partial charge is 0.326 e. The summed E-state index contributed by atoms with van der Waals surface area (Å²) in [4.78, 5) is 11.6. The molecular weight excluding hydrogens is 186 g/mol. The van der Waals surface area contributed by atoms with Crippen LogP contribution in [0.2, 0.25) is 0 Å². The highest BCUT2D eigenvalue weighted by Gasteiger charge is 2.03. The summed E-state index contributed by atoms with van der Waals surface area (Å²) in [6.07, 6.45) is 1.12. The van der Waals surface area contributed by atoms with Crippen LogP contribution in [0.5, 0.6) is 0 Å². The minimum absolute atomic E-state index is 0.140. The molecule has 1 aromatic carbocycles. The van der Waals surface area contributed by atoms with Gasteiger partial charge in [0.05, 0.1) is 0 Å². The van der Waals surface area contributed by atoms with Gasteiger partial charge in [-0.1, -0.05) is 24.3 Å². The fraction of sp³-hybridized carbons (Fsp3) is 0.308. The molecule has 2 nitrogen and oxygen atoms in total. The summed E-state index contributed by atoms with van der Waals surface area (Å²) in [5.41, 5.74) is 7.25. The summed E-state index contributed by atoms with van der Waals surface area (Å²) in [5, 5.41) is 0. The Morgan fingerprint density at radius 1 is 1.33 bits per heavy atom. The Balaban J connectivity index is 2.60. The molecule has 0 heterocycles. The molecule has 0 spiro atoms. The summed E-state index contributed by atoms with van der Waals surface area (Å²) < 4.78 is 0.